The predicted octanol–water partition coefficient (Wildman–Crippen LogP) is 3.10. The summed E-state index contributed by atoms with van der Waals surface area (Å²) >= 11 is 1.79. The van der Waals surface area contributed by atoms with Crippen LogP contribution in [-0.2, 0) is 6.54 Å². The molecule has 1 fully saturated rings. The Balaban J connectivity index is 1.76. The fourth-order valence-corrected chi connectivity index (χ4v) is 3.20. The van der Waals surface area contributed by atoms with Gasteiger partial charge in [0.15, 0.2) is 0 Å². The maximum Gasteiger partial charge on any atom is 0.0241 e. The summed E-state index contributed by atoms with van der Waals surface area (Å²) in [6, 6.07) is 3.63. The molecule has 2 unspecified atom stereocenters. The fraction of sp³-hybridized carbons (Fsp3) is 0.714. The maximum atomic E-state index is 3.64. The molecule has 2 heterocycles. The molecule has 1 saturated heterocycles. The van der Waals surface area contributed by atoms with Crippen molar-refractivity contribution in [1.82, 2.24) is 10.2 Å². The van der Waals surface area contributed by atoms with Crippen LogP contribution >= 0.6 is 11.3 Å². The second kappa shape index (κ2) is 6.53. The molecule has 1 aliphatic rings. The minimum atomic E-state index is 0.658. The first-order valence-corrected chi connectivity index (χ1v) is 7.64. The number of rotatable bonds is 5. The van der Waals surface area contributed by atoms with E-state index in [-0.39, 0.29) is 0 Å². The summed E-state index contributed by atoms with van der Waals surface area (Å²) in [5.41, 5.74) is 1.45. The van der Waals surface area contributed by atoms with Gasteiger partial charge < -0.3 is 5.32 Å². The van der Waals surface area contributed by atoms with Crippen molar-refractivity contribution in [3.8, 4) is 0 Å². The van der Waals surface area contributed by atoms with Gasteiger partial charge in [-0.25, -0.2) is 0 Å². The standard InChI is InChI=1S/C14H24N2S/c1-12(9-14-5-3-4-7-15-14)16(2)10-13-6-8-17-11-13/h6,8,11-12,14-15H,3-5,7,9-10H2,1-2H3. The molecule has 17 heavy (non-hydrogen) atoms. The molecular weight excluding hydrogens is 228 g/mol. The number of hydrogen-bond acceptors (Lipinski definition) is 3. The zero-order valence-electron chi connectivity index (χ0n) is 11.0. The van der Waals surface area contributed by atoms with Crippen LogP contribution in [-0.4, -0.2) is 30.6 Å². The molecule has 0 amide bonds. The molecule has 1 aromatic heterocycles. The van der Waals surface area contributed by atoms with Crippen LogP contribution in [0.1, 0.15) is 38.2 Å². The summed E-state index contributed by atoms with van der Waals surface area (Å²) < 4.78 is 0. The Kier molecular flexibility index (Phi) is 5.01. The van der Waals surface area contributed by atoms with E-state index < -0.39 is 0 Å². The van der Waals surface area contributed by atoms with E-state index in [9.17, 15) is 0 Å². The topological polar surface area (TPSA) is 15.3 Å². The smallest absolute Gasteiger partial charge is 0.0241 e. The van der Waals surface area contributed by atoms with Crippen LogP contribution in [0.4, 0.5) is 0 Å². The van der Waals surface area contributed by atoms with Gasteiger partial charge in [-0.2, -0.15) is 11.3 Å². The Labute approximate surface area is 109 Å². The minimum Gasteiger partial charge on any atom is -0.314 e. The average molecular weight is 252 g/mol. The van der Waals surface area contributed by atoms with E-state index in [0.29, 0.717) is 6.04 Å². The summed E-state index contributed by atoms with van der Waals surface area (Å²) in [5, 5.41) is 8.05. The molecule has 0 aliphatic carbocycles. The van der Waals surface area contributed by atoms with Crippen molar-refractivity contribution in [3.63, 3.8) is 0 Å². The predicted molar refractivity (Wildman–Crippen MR) is 75.5 cm³/mol. The molecule has 3 heteroatoms. The molecule has 1 aromatic rings. The number of nitrogens with zero attached hydrogens (tertiary/aromatic N) is 1. The highest BCUT2D eigenvalue weighted by Crippen LogP contribution is 2.16. The molecule has 0 radical (unpaired) electrons. The summed E-state index contributed by atoms with van der Waals surface area (Å²) in [4.78, 5) is 2.47. The summed E-state index contributed by atoms with van der Waals surface area (Å²) in [5.74, 6) is 0. The molecule has 2 rings (SSSR count). The number of nitrogens with one attached hydrogen (secondary N) is 1. The van der Waals surface area contributed by atoms with Crippen LogP contribution in [0.15, 0.2) is 16.8 Å². The Morgan fingerprint density at radius 2 is 2.41 bits per heavy atom. The minimum absolute atomic E-state index is 0.658. The molecule has 0 aromatic carbocycles. The molecule has 0 spiro atoms. The highest BCUT2D eigenvalue weighted by molar-refractivity contribution is 7.07. The van der Waals surface area contributed by atoms with Crippen molar-refractivity contribution in [2.45, 2.75) is 51.2 Å². The van der Waals surface area contributed by atoms with Gasteiger partial charge in [0.25, 0.3) is 0 Å². The van der Waals surface area contributed by atoms with Gasteiger partial charge in [0.2, 0.25) is 0 Å². The molecule has 2 nitrogen and oxygen atoms in total. The van der Waals surface area contributed by atoms with Crippen LogP contribution in [0.5, 0.6) is 0 Å². The molecular formula is C14H24N2S. The zero-order valence-corrected chi connectivity index (χ0v) is 11.8. The number of piperidine rings is 1. The monoisotopic (exact) mass is 252 g/mol. The lowest BCUT2D eigenvalue weighted by molar-refractivity contribution is 0.209. The normalized spacial score (nSPS) is 22.9. The number of hydrogen-bond donors (Lipinski definition) is 1. The van der Waals surface area contributed by atoms with Gasteiger partial charge in [0.1, 0.15) is 0 Å². The summed E-state index contributed by atoms with van der Waals surface area (Å²) in [6.07, 6.45) is 5.39. The van der Waals surface area contributed by atoms with E-state index in [1.54, 1.807) is 11.3 Å². The van der Waals surface area contributed by atoms with Gasteiger partial charge in [0, 0.05) is 18.6 Å². The first-order valence-electron chi connectivity index (χ1n) is 6.70. The van der Waals surface area contributed by atoms with E-state index in [1.807, 2.05) is 0 Å². The van der Waals surface area contributed by atoms with E-state index in [4.69, 9.17) is 0 Å². The van der Waals surface area contributed by atoms with E-state index in [1.165, 1.54) is 37.8 Å². The average Bonchev–Trinajstić information content (AvgIpc) is 2.83. The molecule has 1 aliphatic heterocycles. The zero-order chi connectivity index (χ0) is 12.1. The van der Waals surface area contributed by atoms with Crippen molar-refractivity contribution in [2.75, 3.05) is 13.6 Å². The third kappa shape index (κ3) is 4.09. The first-order chi connectivity index (χ1) is 8.25. The van der Waals surface area contributed by atoms with Crippen molar-refractivity contribution >= 4 is 11.3 Å². The largest absolute Gasteiger partial charge is 0.314 e. The fourth-order valence-electron chi connectivity index (χ4n) is 2.54. The Hall–Kier alpha value is -0.380. The Bertz CT molecular complexity index is 304. The Morgan fingerprint density at radius 3 is 3.06 bits per heavy atom. The second-order valence-corrected chi connectivity index (χ2v) is 6.06. The van der Waals surface area contributed by atoms with Gasteiger partial charge in [-0.05, 0) is 62.2 Å². The third-order valence-electron chi connectivity index (χ3n) is 3.80. The van der Waals surface area contributed by atoms with E-state index in [0.717, 1.165) is 12.6 Å². The van der Waals surface area contributed by atoms with Gasteiger partial charge in [-0.1, -0.05) is 6.42 Å². The first kappa shape index (κ1) is 13.1. The van der Waals surface area contributed by atoms with Crippen molar-refractivity contribution in [1.29, 1.82) is 0 Å². The molecule has 1 N–H and O–H groups in total. The van der Waals surface area contributed by atoms with Crippen LogP contribution in [0.3, 0.4) is 0 Å². The molecule has 96 valence electrons. The van der Waals surface area contributed by atoms with Gasteiger partial charge in [-0.3, -0.25) is 4.90 Å². The van der Waals surface area contributed by atoms with Gasteiger partial charge >= 0.3 is 0 Å². The molecule has 0 saturated carbocycles. The van der Waals surface area contributed by atoms with Crippen LogP contribution in [0.25, 0.3) is 0 Å². The van der Waals surface area contributed by atoms with Crippen LogP contribution < -0.4 is 5.32 Å². The Morgan fingerprint density at radius 1 is 1.53 bits per heavy atom. The maximum absolute atomic E-state index is 3.64. The van der Waals surface area contributed by atoms with E-state index >= 15 is 0 Å². The van der Waals surface area contributed by atoms with Crippen LogP contribution in [0, 0.1) is 0 Å². The highest BCUT2D eigenvalue weighted by atomic mass is 32.1. The number of thiophene rings is 1. The summed E-state index contributed by atoms with van der Waals surface area (Å²) in [6.45, 7) is 4.64. The lowest BCUT2D eigenvalue weighted by atomic mass is 9.98. The third-order valence-corrected chi connectivity index (χ3v) is 4.53. The molecule has 0 bridgehead atoms. The van der Waals surface area contributed by atoms with Gasteiger partial charge in [-0.15, -0.1) is 0 Å². The lowest BCUT2D eigenvalue weighted by Gasteiger charge is -2.31. The van der Waals surface area contributed by atoms with E-state index in [2.05, 4.69) is 41.0 Å². The summed E-state index contributed by atoms with van der Waals surface area (Å²) in [7, 11) is 2.24. The quantitative estimate of drug-likeness (QED) is 0.866. The van der Waals surface area contributed by atoms with Gasteiger partial charge in [0.05, 0.1) is 0 Å². The lowest BCUT2D eigenvalue weighted by Crippen LogP contribution is -2.40. The highest BCUT2D eigenvalue weighted by Gasteiger charge is 2.18. The van der Waals surface area contributed by atoms with Crippen molar-refractivity contribution < 1.29 is 0 Å². The second-order valence-electron chi connectivity index (χ2n) is 5.28. The SMILES string of the molecule is CC(CC1CCCCN1)N(C)Cc1ccsc1. The van der Waals surface area contributed by atoms with Crippen LogP contribution in [0.2, 0.25) is 0 Å². The van der Waals surface area contributed by atoms with Crippen molar-refractivity contribution in [2.24, 2.45) is 0 Å². The molecule has 2 atom stereocenters. The van der Waals surface area contributed by atoms with Crippen molar-refractivity contribution in [3.05, 3.63) is 22.4 Å².